The number of hydrazone groups is 1. The lowest BCUT2D eigenvalue weighted by atomic mass is 9.80. The first-order valence-electron chi connectivity index (χ1n) is 7.20. The summed E-state index contributed by atoms with van der Waals surface area (Å²) in [4.78, 5) is 7.37. The number of nitrogens with zero attached hydrogens (tertiary/aromatic N) is 2. The minimum atomic E-state index is -0.0157. The summed E-state index contributed by atoms with van der Waals surface area (Å²) in [6.45, 7) is 0. The average Bonchev–Trinajstić information content (AvgIpc) is 2.53. The molecule has 2 aliphatic carbocycles. The van der Waals surface area contributed by atoms with Gasteiger partial charge < -0.3 is 0 Å². The van der Waals surface area contributed by atoms with Crippen LogP contribution in [0.4, 0.5) is 4.39 Å². The predicted octanol–water partition coefficient (Wildman–Crippen LogP) is 4.94. The molecule has 1 aromatic rings. The number of nitrogens with one attached hydrogen (secondary N) is 1. The van der Waals surface area contributed by atoms with Crippen LogP contribution in [-0.2, 0) is 6.42 Å². The van der Waals surface area contributed by atoms with Gasteiger partial charge in [-0.15, -0.1) is 0 Å². The highest BCUT2D eigenvalue weighted by molar-refractivity contribution is 14.2. The molecule has 1 heterocycles. The maximum atomic E-state index is 13.6. The van der Waals surface area contributed by atoms with Crippen molar-refractivity contribution < 1.29 is 4.39 Å². The molecule has 0 spiro atoms. The van der Waals surface area contributed by atoms with E-state index in [2.05, 4.69) is 42.2 Å². The van der Waals surface area contributed by atoms with Crippen LogP contribution in [0.2, 0.25) is 0 Å². The van der Waals surface area contributed by atoms with E-state index in [0.29, 0.717) is 12.3 Å². The van der Waals surface area contributed by atoms with Crippen molar-refractivity contribution in [2.75, 3.05) is 0 Å². The molecule has 0 radical (unpaired) electrons. The number of hydrogen-bond donors (Lipinski definition) is 1. The van der Waals surface area contributed by atoms with E-state index in [1.807, 2.05) is 6.20 Å². The molecule has 3 rings (SSSR count). The molecule has 0 bridgehead atoms. The van der Waals surface area contributed by atoms with E-state index in [9.17, 15) is 4.39 Å². The highest BCUT2D eigenvalue weighted by Crippen LogP contribution is 2.37. The van der Waals surface area contributed by atoms with Crippen molar-refractivity contribution in [1.29, 1.82) is 0 Å². The third kappa shape index (κ3) is 3.59. The first-order chi connectivity index (χ1) is 10.3. The second-order valence-corrected chi connectivity index (χ2v) is 7.13. The molecule has 21 heavy (non-hydrogen) atoms. The maximum Gasteiger partial charge on any atom is 0.101 e. The zero-order valence-corrected chi connectivity index (χ0v) is 14.6. The Labute approximate surface area is 140 Å². The minimum Gasteiger partial charge on any atom is -0.261 e. The van der Waals surface area contributed by atoms with Gasteiger partial charge in [0, 0.05) is 59.9 Å². The van der Waals surface area contributed by atoms with Crippen molar-refractivity contribution in [3.8, 4) is 0 Å². The molecule has 1 saturated carbocycles. The van der Waals surface area contributed by atoms with Crippen LogP contribution < -0.4 is 4.83 Å². The fourth-order valence-electron chi connectivity index (χ4n) is 3.18. The largest absolute Gasteiger partial charge is 0.261 e. The van der Waals surface area contributed by atoms with Crippen LogP contribution in [0.3, 0.4) is 0 Å². The van der Waals surface area contributed by atoms with E-state index in [1.54, 1.807) is 6.08 Å². The van der Waals surface area contributed by atoms with Crippen molar-refractivity contribution in [1.82, 2.24) is 9.82 Å². The second-order valence-electron chi connectivity index (χ2n) is 5.47. The minimum absolute atomic E-state index is 0.0157. The van der Waals surface area contributed by atoms with Crippen molar-refractivity contribution in [2.24, 2.45) is 5.10 Å². The van der Waals surface area contributed by atoms with Crippen molar-refractivity contribution in [3.05, 3.63) is 34.9 Å². The number of rotatable bonds is 3. The predicted molar refractivity (Wildman–Crippen MR) is 95.0 cm³/mol. The molecule has 112 valence electrons. The number of aromatic nitrogens is 1. The van der Waals surface area contributed by atoms with Crippen LogP contribution in [0.25, 0.3) is 6.08 Å². The fourth-order valence-corrected chi connectivity index (χ4v) is 3.64. The Morgan fingerprint density at radius 1 is 1.29 bits per heavy atom. The summed E-state index contributed by atoms with van der Waals surface area (Å²) in [5.74, 6) is 0.480. The molecule has 3 nitrogen and oxygen atoms in total. The van der Waals surface area contributed by atoms with E-state index in [0.717, 1.165) is 43.4 Å². The van der Waals surface area contributed by atoms with Crippen molar-refractivity contribution in [2.45, 2.75) is 44.4 Å². The van der Waals surface area contributed by atoms with E-state index < -0.39 is 0 Å². The molecule has 0 amide bonds. The lowest BCUT2D eigenvalue weighted by molar-refractivity contribution is 0.556. The number of pyridine rings is 1. The second kappa shape index (κ2) is 7.09. The van der Waals surface area contributed by atoms with Crippen LogP contribution in [0.1, 0.15) is 54.8 Å². The van der Waals surface area contributed by atoms with Gasteiger partial charge in [-0.1, -0.05) is 0 Å². The molecule has 6 heteroatoms. The van der Waals surface area contributed by atoms with Gasteiger partial charge in [-0.2, -0.15) is 5.10 Å². The molecule has 1 fully saturated rings. The zero-order chi connectivity index (χ0) is 14.7. The summed E-state index contributed by atoms with van der Waals surface area (Å²) in [7, 11) is 1.49. The third-order valence-electron chi connectivity index (χ3n) is 4.25. The Kier molecular flexibility index (Phi) is 5.15. The zero-order valence-electron chi connectivity index (χ0n) is 11.6. The van der Waals surface area contributed by atoms with Crippen molar-refractivity contribution >= 4 is 42.1 Å². The highest BCUT2D eigenvalue weighted by Gasteiger charge is 2.24. The van der Waals surface area contributed by atoms with Gasteiger partial charge in [-0.3, -0.25) is 4.98 Å². The molecule has 0 saturated heterocycles. The number of allylic oxidation sites excluding steroid dienone is 1. The monoisotopic (exact) mass is 417 g/mol. The van der Waals surface area contributed by atoms with Crippen LogP contribution in [0.15, 0.2) is 23.2 Å². The fraction of sp³-hybridized carbons (Fsp3) is 0.467. The molecule has 0 aliphatic heterocycles. The van der Waals surface area contributed by atoms with Gasteiger partial charge in [0.2, 0.25) is 0 Å². The number of aryl methyl sites for hydroxylation is 1. The summed E-state index contributed by atoms with van der Waals surface area (Å²) in [6.07, 6.45) is 8.97. The van der Waals surface area contributed by atoms with Gasteiger partial charge in [-0.25, -0.2) is 9.22 Å². The summed E-state index contributed by atoms with van der Waals surface area (Å²) in [5.41, 5.74) is 4.59. The summed E-state index contributed by atoms with van der Waals surface area (Å²) in [5, 5.41) is 4.37. The standard InChI is InChI=1S/C15H17FIN3S/c16-11-3-6-15-14(9-11)13(7-8-18-15)10-1-4-12(5-2-10)19-20-21-17/h7-10,20H,1-6H2. The number of hydrogen-bond acceptors (Lipinski definition) is 4. The van der Waals surface area contributed by atoms with Crippen LogP contribution in [0.5, 0.6) is 0 Å². The van der Waals surface area contributed by atoms with E-state index in [-0.39, 0.29) is 5.83 Å². The van der Waals surface area contributed by atoms with E-state index in [4.69, 9.17) is 0 Å². The molecular weight excluding hydrogens is 400 g/mol. The van der Waals surface area contributed by atoms with Gasteiger partial charge >= 0.3 is 0 Å². The normalized spacial score (nSPS) is 21.5. The number of fused-ring (bicyclic) bond motifs is 1. The lowest BCUT2D eigenvalue weighted by Crippen LogP contribution is -2.16. The molecule has 1 aromatic heterocycles. The highest BCUT2D eigenvalue weighted by atomic mass is 127. The van der Waals surface area contributed by atoms with Crippen molar-refractivity contribution in [3.63, 3.8) is 0 Å². The Morgan fingerprint density at radius 3 is 2.86 bits per heavy atom. The SMILES string of the molecule is FC1=Cc2c(C3CCC(=NNSI)CC3)ccnc2CC1. The molecule has 0 unspecified atom stereocenters. The Balaban J connectivity index is 1.78. The van der Waals surface area contributed by atoms with Gasteiger partial charge in [0.15, 0.2) is 0 Å². The van der Waals surface area contributed by atoms with Gasteiger partial charge in [-0.05, 0) is 55.7 Å². The number of halogens is 2. The van der Waals surface area contributed by atoms with Crippen LogP contribution in [0, 0.1) is 0 Å². The van der Waals surface area contributed by atoms with Gasteiger partial charge in [0.05, 0.1) is 0 Å². The van der Waals surface area contributed by atoms with E-state index >= 15 is 0 Å². The molecule has 0 aromatic carbocycles. The van der Waals surface area contributed by atoms with E-state index in [1.165, 1.54) is 20.4 Å². The quantitative estimate of drug-likeness (QED) is 0.430. The maximum absolute atomic E-state index is 13.6. The Hall–Kier alpha value is -0.630. The third-order valence-corrected chi connectivity index (χ3v) is 5.00. The topological polar surface area (TPSA) is 37.3 Å². The first-order valence-corrected chi connectivity index (χ1v) is 10.6. The average molecular weight is 417 g/mol. The summed E-state index contributed by atoms with van der Waals surface area (Å²) >= 11 is 2.17. The Morgan fingerprint density at radius 2 is 2.10 bits per heavy atom. The molecule has 0 atom stereocenters. The van der Waals surface area contributed by atoms with Gasteiger partial charge in [0.1, 0.15) is 5.83 Å². The van der Waals surface area contributed by atoms with Crippen LogP contribution >= 0.6 is 30.3 Å². The summed E-state index contributed by atoms with van der Waals surface area (Å²) < 4.78 is 13.6. The van der Waals surface area contributed by atoms with Gasteiger partial charge in [0.25, 0.3) is 0 Å². The molecule has 1 N–H and O–H groups in total. The lowest BCUT2D eigenvalue weighted by Gasteiger charge is -2.26. The Bertz CT molecular complexity index is 578. The molecule has 2 aliphatic rings. The molecular formula is C15H17FIN3S. The smallest absolute Gasteiger partial charge is 0.101 e. The first kappa shape index (κ1) is 15.3. The van der Waals surface area contributed by atoms with Crippen LogP contribution in [-0.4, -0.2) is 10.7 Å². The summed E-state index contributed by atoms with van der Waals surface area (Å²) in [6, 6.07) is 2.07.